The molecule has 1 aromatic rings. The Morgan fingerprint density at radius 2 is 1.86 bits per heavy atom. The molecular formula is C10H15N3O. The van der Waals surface area contributed by atoms with E-state index in [4.69, 9.17) is 0 Å². The highest BCUT2D eigenvalue weighted by Gasteiger charge is 2.10. The highest BCUT2D eigenvalue weighted by molar-refractivity contribution is 5.36. The molecule has 2 rings (SSSR count). The Balaban J connectivity index is 2.12. The van der Waals surface area contributed by atoms with Crippen molar-refractivity contribution in [3.8, 4) is 0 Å². The highest BCUT2D eigenvalue weighted by atomic mass is 16.1. The normalized spacial score (nSPS) is 17.9. The minimum Gasteiger partial charge on any atom is -0.355 e. The van der Waals surface area contributed by atoms with Crippen LogP contribution < -0.4 is 10.5 Å². The van der Waals surface area contributed by atoms with E-state index in [-0.39, 0.29) is 5.56 Å². The monoisotopic (exact) mass is 193 g/mol. The quantitative estimate of drug-likeness (QED) is 0.727. The van der Waals surface area contributed by atoms with Crippen molar-refractivity contribution in [2.75, 3.05) is 18.0 Å². The predicted octanol–water partition coefficient (Wildman–Crippen LogP) is 1.15. The fourth-order valence-electron chi connectivity index (χ4n) is 1.81. The van der Waals surface area contributed by atoms with Crippen molar-refractivity contribution in [3.63, 3.8) is 0 Å². The van der Waals surface area contributed by atoms with E-state index in [0.717, 1.165) is 18.9 Å². The molecule has 4 heteroatoms. The summed E-state index contributed by atoms with van der Waals surface area (Å²) in [5.74, 6) is 0.895. The second kappa shape index (κ2) is 4.26. The van der Waals surface area contributed by atoms with Gasteiger partial charge < -0.3 is 4.90 Å². The van der Waals surface area contributed by atoms with Crippen molar-refractivity contribution in [2.24, 2.45) is 0 Å². The van der Waals surface area contributed by atoms with Gasteiger partial charge >= 0.3 is 0 Å². The van der Waals surface area contributed by atoms with Gasteiger partial charge in [0.15, 0.2) is 0 Å². The van der Waals surface area contributed by atoms with Crippen LogP contribution in [0.3, 0.4) is 0 Å². The lowest BCUT2D eigenvalue weighted by Gasteiger charge is -2.20. The van der Waals surface area contributed by atoms with Gasteiger partial charge in [-0.25, -0.2) is 5.10 Å². The molecule has 14 heavy (non-hydrogen) atoms. The van der Waals surface area contributed by atoms with Gasteiger partial charge in [0.2, 0.25) is 0 Å². The zero-order valence-corrected chi connectivity index (χ0v) is 8.20. The van der Waals surface area contributed by atoms with Crippen LogP contribution in [0.2, 0.25) is 0 Å². The molecule has 1 aromatic heterocycles. The maximum atomic E-state index is 10.8. The Morgan fingerprint density at radius 3 is 2.43 bits per heavy atom. The summed E-state index contributed by atoms with van der Waals surface area (Å²) in [7, 11) is 0. The summed E-state index contributed by atoms with van der Waals surface area (Å²) in [6.45, 7) is 2.11. The Hall–Kier alpha value is -1.32. The molecule has 1 aliphatic heterocycles. The van der Waals surface area contributed by atoms with Gasteiger partial charge in [-0.3, -0.25) is 4.79 Å². The number of H-pyrrole nitrogens is 1. The maximum Gasteiger partial charge on any atom is 0.264 e. The second-order valence-electron chi connectivity index (χ2n) is 3.68. The fraction of sp³-hybridized carbons (Fsp3) is 0.600. The molecule has 1 saturated heterocycles. The van der Waals surface area contributed by atoms with E-state index in [0.29, 0.717) is 0 Å². The fourth-order valence-corrected chi connectivity index (χ4v) is 1.81. The summed E-state index contributed by atoms with van der Waals surface area (Å²) >= 11 is 0. The first-order chi connectivity index (χ1) is 6.86. The molecule has 0 saturated carbocycles. The zero-order valence-electron chi connectivity index (χ0n) is 8.20. The first-order valence-electron chi connectivity index (χ1n) is 5.17. The molecule has 0 bridgehead atoms. The summed E-state index contributed by atoms with van der Waals surface area (Å²) in [6, 6.07) is 3.33. The SMILES string of the molecule is O=c1ccc(N2CCCCCC2)n[nH]1. The van der Waals surface area contributed by atoms with Crippen molar-refractivity contribution < 1.29 is 0 Å². The molecule has 0 aliphatic carbocycles. The van der Waals surface area contributed by atoms with Crippen molar-refractivity contribution in [1.82, 2.24) is 10.2 Å². The van der Waals surface area contributed by atoms with Gasteiger partial charge in [-0.1, -0.05) is 12.8 Å². The third kappa shape index (κ3) is 2.13. The van der Waals surface area contributed by atoms with Crippen molar-refractivity contribution in [2.45, 2.75) is 25.7 Å². The van der Waals surface area contributed by atoms with Crippen LogP contribution in [0.15, 0.2) is 16.9 Å². The van der Waals surface area contributed by atoms with Crippen LogP contribution >= 0.6 is 0 Å². The molecule has 1 N–H and O–H groups in total. The van der Waals surface area contributed by atoms with E-state index < -0.39 is 0 Å². The number of anilines is 1. The summed E-state index contributed by atoms with van der Waals surface area (Å²) in [5, 5.41) is 6.50. The largest absolute Gasteiger partial charge is 0.355 e. The van der Waals surface area contributed by atoms with Gasteiger partial charge in [0.1, 0.15) is 5.82 Å². The number of hydrogen-bond acceptors (Lipinski definition) is 3. The molecule has 0 spiro atoms. The van der Waals surface area contributed by atoms with Gasteiger partial charge in [0.25, 0.3) is 5.56 Å². The zero-order chi connectivity index (χ0) is 9.80. The van der Waals surface area contributed by atoms with Crippen molar-refractivity contribution in [1.29, 1.82) is 0 Å². The average molecular weight is 193 g/mol. The molecule has 0 atom stereocenters. The first kappa shape index (κ1) is 9.24. The third-order valence-electron chi connectivity index (χ3n) is 2.59. The highest BCUT2D eigenvalue weighted by Crippen LogP contribution is 2.15. The van der Waals surface area contributed by atoms with E-state index in [1.165, 1.54) is 31.7 Å². The van der Waals surface area contributed by atoms with E-state index in [2.05, 4.69) is 15.1 Å². The van der Waals surface area contributed by atoms with Crippen LogP contribution in [0.5, 0.6) is 0 Å². The van der Waals surface area contributed by atoms with E-state index >= 15 is 0 Å². The molecule has 2 heterocycles. The number of nitrogens with zero attached hydrogens (tertiary/aromatic N) is 2. The maximum absolute atomic E-state index is 10.8. The Kier molecular flexibility index (Phi) is 2.81. The minimum absolute atomic E-state index is 0.136. The minimum atomic E-state index is -0.136. The molecule has 1 aliphatic rings. The molecule has 4 nitrogen and oxygen atoms in total. The summed E-state index contributed by atoms with van der Waals surface area (Å²) in [4.78, 5) is 13.1. The van der Waals surface area contributed by atoms with E-state index in [9.17, 15) is 4.79 Å². The molecule has 0 aromatic carbocycles. The second-order valence-corrected chi connectivity index (χ2v) is 3.68. The van der Waals surface area contributed by atoms with Gasteiger partial charge in [-0.15, -0.1) is 0 Å². The lowest BCUT2D eigenvalue weighted by molar-refractivity contribution is 0.726. The standard InChI is InChI=1S/C10H15N3O/c14-10-6-5-9(11-12-10)13-7-3-1-2-4-8-13/h5-6H,1-4,7-8H2,(H,12,14). The molecular weight excluding hydrogens is 178 g/mol. The third-order valence-corrected chi connectivity index (χ3v) is 2.59. The van der Waals surface area contributed by atoms with Crippen LogP contribution in [-0.2, 0) is 0 Å². The molecule has 0 unspecified atom stereocenters. The van der Waals surface area contributed by atoms with Crippen LogP contribution in [0.1, 0.15) is 25.7 Å². The number of hydrogen-bond donors (Lipinski definition) is 1. The van der Waals surface area contributed by atoms with Gasteiger partial charge in [-0.05, 0) is 18.9 Å². The Bertz CT molecular complexity index is 319. The lowest BCUT2D eigenvalue weighted by atomic mass is 10.2. The molecule has 76 valence electrons. The van der Waals surface area contributed by atoms with Crippen LogP contribution in [-0.4, -0.2) is 23.3 Å². The molecule has 1 fully saturated rings. The van der Waals surface area contributed by atoms with Crippen molar-refractivity contribution >= 4 is 5.82 Å². The van der Waals surface area contributed by atoms with Crippen LogP contribution in [0.4, 0.5) is 5.82 Å². The Labute approximate surface area is 82.9 Å². The molecule has 0 radical (unpaired) electrons. The number of rotatable bonds is 1. The number of aromatic nitrogens is 2. The average Bonchev–Trinajstić information content (AvgIpc) is 2.47. The predicted molar refractivity (Wildman–Crippen MR) is 55.5 cm³/mol. The summed E-state index contributed by atoms with van der Waals surface area (Å²) in [5.41, 5.74) is -0.136. The Morgan fingerprint density at radius 1 is 1.14 bits per heavy atom. The van der Waals surface area contributed by atoms with E-state index in [1.807, 2.05) is 0 Å². The van der Waals surface area contributed by atoms with E-state index in [1.54, 1.807) is 6.07 Å². The van der Waals surface area contributed by atoms with Gasteiger partial charge in [-0.2, -0.15) is 5.10 Å². The topological polar surface area (TPSA) is 49.0 Å². The van der Waals surface area contributed by atoms with Crippen LogP contribution in [0.25, 0.3) is 0 Å². The summed E-state index contributed by atoms with van der Waals surface area (Å²) < 4.78 is 0. The first-order valence-corrected chi connectivity index (χ1v) is 5.17. The van der Waals surface area contributed by atoms with Gasteiger partial charge in [0.05, 0.1) is 0 Å². The number of nitrogens with one attached hydrogen (secondary N) is 1. The summed E-state index contributed by atoms with van der Waals surface area (Å²) in [6.07, 6.45) is 5.06. The van der Waals surface area contributed by atoms with Crippen LogP contribution in [0, 0.1) is 0 Å². The van der Waals surface area contributed by atoms with Crippen molar-refractivity contribution in [3.05, 3.63) is 22.5 Å². The van der Waals surface area contributed by atoms with Gasteiger partial charge in [0, 0.05) is 19.2 Å². The molecule has 0 amide bonds. The number of aromatic amines is 1. The smallest absolute Gasteiger partial charge is 0.264 e. The lowest BCUT2D eigenvalue weighted by Crippen LogP contribution is -2.26.